The number of hydrogen-bond acceptors (Lipinski definition) is 4. The van der Waals surface area contributed by atoms with Crippen molar-refractivity contribution in [2.75, 3.05) is 11.9 Å². The van der Waals surface area contributed by atoms with Gasteiger partial charge in [0.05, 0.1) is 5.56 Å². The highest BCUT2D eigenvalue weighted by atomic mass is 127. The third kappa shape index (κ3) is 5.09. The van der Waals surface area contributed by atoms with E-state index in [2.05, 4.69) is 48.8 Å². The summed E-state index contributed by atoms with van der Waals surface area (Å²) in [6.07, 6.45) is 2.93. The molecule has 0 spiro atoms. The Hall–Kier alpha value is -1.48. The minimum absolute atomic E-state index is 0.284. The van der Waals surface area contributed by atoms with Gasteiger partial charge in [-0.05, 0) is 68.9 Å². The molecule has 0 aliphatic carbocycles. The van der Waals surface area contributed by atoms with Crippen LogP contribution in [-0.4, -0.2) is 23.5 Å². The molecule has 7 heteroatoms. The number of rotatable bonds is 4. The highest BCUT2D eigenvalue weighted by molar-refractivity contribution is 14.1. The smallest absolute Gasteiger partial charge is 0.340 e. The van der Waals surface area contributed by atoms with Crippen LogP contribution in [0.4, 0.5) is 5.69 Å². The molecular weight excluding hydrogens is 451 g/mol. The van der Waals surface area contributed by atoms with Gasteiger partial charge in [-0.2, -0.15) is 0 Å². The molecule has 5 nitrogen and oxygen atoms in total. The number of halogens is 2. The Bertz CT molecular complexity index is 662. The molecule has 0 radical (unpaired) electrons. The highest BCUT2D eigenvalue weighted by Gasteiger charge is 2.11. The number of carbonyl (C=O) groups excluding carboxylic acids is 2. The summed E-state index contributed by atoms with van der Waals surface area (Å²) in [5, 5.41) is 2.64. The number of esters is 1. The van der Waals surface area contributed by atoms with Crippen molar-refractivity contribution in [3.63, 3.8) is 0 Å². The second-order valence-electron chi connectivity index (χ2n) is 4.02. The van der Waals surface area contributed by atoms with E-state index in [4.69, 9.17) is 4.74 Å². The topological polar surface area (TPSA) is 68.3 Å². The number of aromatic nitrogens is 1. The summed E-state index contributed by atoms with van der Waals surface area (Å²) in [6.45, 7) is -0.350. The molecular formula is C14H10BrIN2O3. The molecule has 0 aliphatic rings. The molecule has 1 aromatic heterocycles. The minimum Gasteiger partial charge on any atom is -0.452 e. The molecule has 108 valence electrons. The molecule has 2 aromatic rings. The van der Waals surface area contributed by atoms with Gasteiger partial charge in [0.15, 0.2) is 6.61 Å². The van der Waals surface area contributed by atoms with Crippen LogP contribution in [-0.2, 0) is 9.53 Å². The van der Waals surface area contributed by atoms with E-state index in [9.17, 15) is 9.59 Å². The molecule has 1 heterocycles. The first kappa shape index (κ1) is 15.9. The van der Waals surface area contributed by atoms with Crippen molar-refractivity contribution in [2.24, 2.45) is 0 Å². The van der Waals surface area contributed by atoms with Crippen LogP contribution in [0.1, 0.15) is 10.4 Å². The van der Waals surface area contributed by atoms with Crippen LogP contribution in [0.15, 0.2) is 47.2 Å². The second-order valence-corrected chi connectivity index (χ2v) is 6.18. The van der Waals surface area contributed by atoms with E-state index >= 15 is 0 Å². The Morgan fingerprint density at radius 2 is 1.95 bits per heavy atom. The highest BCUT2D eigenvalue weighted by Crippen LogP contribution is 2.12. The van der Waals surface area contributed by atoms with E-state index in [-0.39, 0.29) is 12.2 Å². The largest absolute Gasteiger partial charge is 0.452 e. The number of pyridine rings is 1. The maximum Gasteiger partial charge on any atom is 0.340 e. The van der Waals surface area contributed by atoms with E-state index in [1.165, 1.54) is 6.20 Å². The quantitative estimate of drug-likeness (QED) is 0.561. The lowest BCUT2D eigenvalue weighted by atomic mass is 10.3. The van der Waals surface area contributed by atoms with Crippen molar-refractivity contribution in [2.45, 2.75) is 0 Å². The lowest BCUT2D eigenvalue weighted by Gasteiger charge is -2.06. The van der Waals surface area contributed by atoms with Crippen molar-refractivity contribution in [3.8, 4) is 0 Å². The third-order valence-corrected chi connectivity index (χ3v) is 3.56. The Morgan fingerprint density at radius 1 is 1.24 bits per heavy atom. The number of amides is 1. The maximum absolute atomic E-state index is 11.7. The number of anilines is 1. The van der Waals surface area contributed by atoms with E-state index < -0.39 is 11.9 Å². The molecule has 1 amide bonds. The predicted octanol–water partition coefficient (Wildman–Crippen LogP) is 3.24. The fourth-order valence-corrected chi connectivity index (χ4v) is 2.19. The van der Waals surface area contributed by atoms with E-state index in [1.54, 1.807) is 24.4 Å². The zero-order chi connectivity index (χ0) is 15.2. The number of benzene rings is 1. The monoisotopic (exact) mass is 460 g/mol. The molecule has 0 saturated carbocycles. The van der Waals surface area contributed by atoms with Gasteiger partial charge in [-0.1, -0.05) is 0 Å². The van der Waals surface area contributed by atoms with Gasteiger partial charge in [-0.25, -0.2) is 4.79 Å². The molecule has 21 heavy (non-hydrogen) atoms. The van der Waals surface area contributed by atoms with Crippen LogP contribution in [0.3, 0.4) is 0 Å². The Morgan fingerprint density at radius 3 is 2.62 bits per heavy atom. The summed E-state index contributed by atoms with van der Waals surface area (Å²) >= 11 is 5.38. The van der Waals surface area contributed by atoms with Crippen molar-refractivity contribution in [1.29, 1.82) is 0 Å². The second kappa shape index (κ2) is 7.51. The lowest BCUT2D eigenvalue weighted by molar-refractivity contribution is -0.119. The molecule has 0 atom stereocenters. The van der Waals surface area contributed by atoms with Gasteiger partial charge in [0.25, 0.3) is 5.91 Å². The lowest BCUT2D eigenvalue weighted by Crippen LogP contribution is -2.21. The first-order chi connectivity index (χ1) is 10.0. The number of carbonyl (C=O) groups is 2. The Balaban J connectivity index is 1.86. The number of nitrogens with one attached hydrogen (secondary N) is 1. The fraction of sp³-hybridized carbons (Fsp3) is 0.0714. The molecule has 0 unspecified atom stereocenters. The first-order valence-electron chi connectivity index (χ1n) is 5.88. The van der Waals surface area contributed by atoms with Crippen LogP contribution in [0.2, 0.25) is 0 Å². The summed E-state index contributed by atoms with van der Waals surface area (Å²) in [5.74, 6) is -0.992. The minimum atomic E-state index is -0.596. The van der Waals surface area contributed by atoms with Crippen molar-refractivity contribution in [3.05, 3.63) is 56.3 Å². The normalized spacial score (nSPS) is 10.0. The summed E-state index contributed by atoms with van der Waals surface area (Å²) in [4.78, 5) is 27.3. The molecule has 1 N–H and O–H groups in total. The average molecular weight is 461 g/mol. The van der Waals surface area contributed by atoms with E-state index in [0.717, 1.165) is 3.57 Å². The predicted molar refractivity (Wildman–Crippen MR) is 90.0 cm³/mol. The van der Waals surface area contributed by atoms with Gasteiger partial charge in [0.2, 0.25) is 0 Å². The van der Waals surface area contributed by atoms with Crippen LogP contribution in [0.5, 0.6) is 0 Å². The summed E-state index contributed by atoms with van der Waals surface area (Å²) in [6, 6.07) is 8.87. The van der Waals surface area contributed by atoms with Crippen molar-refractivity contribution < 1.29 is 14.3 Å². The number of hydrogen-bond donors (Lipinski definition) is 1. The van der Waals surface area contributed by atoms with Crippen LogP contribution >= 0.6 is 38.5 Å². The first-order valence-corrected chi connectivity index (χ1v) is 7.75. The third-order valence-electron chi connectivity index (χ3n) is 2.40. The van der Waals surface area contributed by atoms with Gasteiger partial charge in [-0.15, -0.1) is 0 Å². The van der Waals surface area contributed by atoms with Crippen molar-refractivity contribution in [1.82, 2.24) is 4.98 Å². The molecule has 0 aliphatic heterocycles. The summed E-state index contributed by atoms with van der Waals surface area (Å²) in [5.41, 5.74) is 0.937. The average Bonchev–Trinajstić information content (AvgIpc) is 2.47. The summed E-state index contributed by atoms with van der Waals surface area (Å²) < 4.78 is 6.66. The van der Waals surface area contributed by atoms with Crippen LogP contribution in [0.25, 0.3) is 0 Å². The van der Waals surface area contributed by atoms with Crippen LogP contribution in [0, 0.1) is 3.57 Å². The van der Waals surface area contributed by atoms with Gasteiger partial charge in [0.1, 0.15) is 0 Å². The van der Waals surface area contributed by atoms with Crippen molar-refractivity contribution >= 4 is 56.1 Å². The van der Waals surface area contributed by atoms with E-state index in [0.29, 0.717) is 10.2 Å². The zero-order valence-electron chi connectivity index (χ0n) is 10.7. The Kier molecular flexibility index (Phi) is 5.68. The maximum atomic E-state index is 11.7. The SMILES string of the molecule is O=C(COC(=O)c1cncc(Br)c1)Nc1ccc(I)cc1. The van der Waals surface area contributed by atoms with E-state index in [1.807, 2.05) is 12.1 Å². The van der Waals surface area contributed by atoms with Gasteiger partial charge in [-0.3, -0.25) is 9.78 Å². The zero-order valence-corrected chi connectivity index (χ0v) is 14.4. The number of nitrogens with zero attached hydrogens (tertiary/aromatic N) is 1. The molecule has 1 aromatic carbocycles. The van der Waals surface area contributed by atoms with Gasteiger partial charge in [0, 0.05) is 26.1 Å². The summed E-state index contributed by atoms with van der Waals surface area (Å²) in [7, 11) is 0. The Labute approximate surface area is 143 Å². The molecule has 0 bridgehead atoms. The molecule has 0 saturated heterocycles. The van der Waals surface area contributed by atoms with Gasteiger partial charge >= 0.3 is 5.97 Å². The fourth-order valence-electron chi connectivity index (χ4n) is 1.47. The van der Waals surface area contributed by atoms with Crippen LogP contribution < -0.4 is 5.32 Å². The standard InChI is InChI=1S/C14H10BrIN2O3/c15-10-5-9(6-17-7-10)14(20)21-8-13(19)18-12-3-1-11(16)2-4-12/h1-7H,8H2,(H,18,19). The number of ether oxygens (including phenoxy) is 1. The van der Waals surface area contributed by atoms with Gasteiger partial charge < -0.3 is 10.1 Å². The molecule has 0 fully saturated rings. The molecule has 2 rings (SSSR count).